The number of nitrogens with zero attached hydrogens (tertiary/aromatic N) is 3. The molecule has 2 aromatic heterocycles. The van der Waals surface area contributed by atoms with Crippen LogP contribution < -0.4 is 16.6 Å². The van der Waals surface area contributed by atoms with Crippen molar-refractivity contribution in [2.75, 3.05) is 19.0 Å². The molecule has 0 saturated heterocycles. The zero-order valence-electron chi connectivity index (χ0n) is 13.9. The second-order valence-electron chi connectivity index (χ2n) is 5.67. The van der Waals surface area contributed by atoms with Gasteiger partial charge in [-0.1, -0.05) is 0 Å². The van der Waals surface area contributed by atoms with E-state index >= 15 is 0 Å². The van der Waals surface area contributed by atoms with Gasteiger partial charge < -0.3 is 14.6 Å². The number of ether oxygens (including phenoxy) is 1. The molecule has 3 rings (SSSR count). The molecule has 24 heavy (non-hydrogen) atoms. The van der Waals surface area contributed by atoms with E-state index in [1.165, 1.54) is 17.7 Å². The molecular weight excluding hydrogens is 308 g/mol. The fraction of sp³-hybridized carbons (Fsp3) is 0.294. The van der Waals surface area contributed by atoms with E-state index in [0.29, 0.717) is 12.4 Å². The summed E-state index contributed by atoms with van der Waals surface area (Å²) in [6.07, 6.45) is 2.02. The van der Waals surface area contributed by atoms with Gasteiger partial charge in [0.05, 0.1) is 6.61 Å². The van der Waals surface area contributed by atoms with E-state index < -0.39 is 0 Å². The first kappa shape index (κ1) is 16.1. The van der Waals surface area contributed by atoms with Gasteiger partial charge in [-0.15, -0.1) is 0 Å². The second kappa shape index (κ2) is 6.37. The molecular formula is C17H20N4O3. The van der Waals surface area contributed by atoms with Crippen molar-refractivity contribution in [2.24, 2.45) is 14.1 Å². The maximum absolute atomic E-state index is 12.0. The monoisotopic (exact) mass is 328 g/mol. The Morgan fingerprint density at radius 3 is 2.62 bits per heavy atom. The van der Waals surface area contributed by atoms with Crippen molar-refractivity contribution >= 4 is 22.4 Å². The molecule has 0 amide bonds. The highest BCUT2D eigenvalue weighted by Gasteiger charge is 2.07. The Hall–Kier alpha value is -2.80. The molecule has 0 aliphatic rings. The first-order chi connectivity index (χ1) is 11.5. The maximum Gasteiger partial charge on any atom is 0.332 e. The lowest BCUT2D eigenvalue weighted by atomic mass is 10.2. The molecule has 1 N–H and O–H groups in total. The summed E-state index contributed by atoms with van der Waals surface area (Å²) in [7, 11) is 4.77. The summed E-state index contributed by atoms with van der Waals surface area (Å²) in [5.74, 6) is 0.460. The molecule has 0 atom stereocenters. The van der Waals surface area contributed by atoms with Gasteiger partial charge in [0.15, 0.2) is 0 Å². The number of anilines is 2. The number of fused-ring (bicyclic) bond motifs is 1. The molecule has 7 heteroatoms. The Morgan fingerprint density at radius 1 is 1.08 bits per heavy atom. The molecule has 0 fully saturated rings. The van der Waals surface area contributed by atoms with Gasteiger partial charge in [-0.05, 0) is 24.3 Å². The summed E-state index contributed by atoms with van der Waals surface area (Å²) in [5, 5.41) is 4.22. The van der Waals surface area contributed by atoms with Crippen molar-refractivity contribution in [1.82, 2.24) is 13.7 Å². The molecule has 126 valence electrons. The number of rotatable bonds is 5. The third kappa shape index (κ3) is 2.85. The first-order valence-electron chi connectivity index (χ1n) is 7.63. The van der Waals surface area contributed by atoms with Gasteiger partial charge in [-0.2, -0.15) is 0 Å². The van der Waals surface area contributed by atoms with Crippen molar-refractivity contribution < 1.29 is 4.74 Å². The van der Waals surface area contributed by atoms with Crippen LogP contribution in [0.4, 0.5) is 11.5 Å². The van der Waals surface area contributed by atoms with Gasteiger partial charge in [-0.3, -0.25) is 13.9 Å². The van der Waals surface area contributed by atoms with Gasteiger partial charge in [0, 0.05) is 56.6 Å². The normalized spacial score (nSPS) is 11.1. The third-order valence-electron chi connectivity index (χ3n) is 4.11. The minimum atomic E-state index is -0.364. The van der Waals surface area contributed by atoms with Crippen LogP contribution in [0.25, 0.3) is 10.9 Å². The van der Waals surface area contributed by atoms with E-state index in [1.54, 1.807) is 14.2 Å². The Morgan fingerprint density at radius 2 is 1.88 bits per heavy atom. The number of hydrogen-bond acceptors (Lipinski definition) is 4. The van der Waals surface area contributed by atoms with Gasteiger partial charge in [0.25, 0.3) is 5.56 Å². The quantitative estimate of drug-likeness (QED) is 0.769. The molecule has 2 heterocycles. The summed E-state index contributed by atoms with van der Waals surface area (Å²) in [6.45, 7) is 1.44. The fourth-order valence-corrected chi connectivity index (χ4v) is 2.66. The van der Waals surface area contributed by atoms with E-state index in [9.17, 15) is 9.59 Å². The van der Waals surface area contributed by atoms with Crippen LogP contribution in [0.15, 0.2) is 46.1 Å². The summed E-state index contributed by atoms with van der Waals surface area (Å²) in [4.78, 5) is 23.8. The van der Waals surface area contributed by atoms with Crippen LogP contribution in [-0.2, 0) is 25.4 Å². The van der Waals surface area contributed by atoms with Crippen molar-refractivity contribution in [3.05, 3.63) is 57.4 Å². The molecule has 1 aromatic carbocycles. The van der Waals surface area contributed by atoms with Crippen LogP contribution in [0, 0.1) is 0 Å². The molecule has 7 nitrogen and oxygen atoms in total. The minimum absolute atomic E-state index is 0.340. The predicted octanol–water partition coefficient (Wildman–Crippen LogP) is 1.43. The SMILES string of the molecule is COCCn1ccc2cc(Nc3cc(=O)n(C)c(=O)n3C)ccc21. The van der Waals surface area contributed by atoms with Crippen LogP contribution in [-0.4, -0.2) is 27.4 Å². The average Bonchev–Trinajstić information content (AvgIpc) is 2.98. The third-order valence-corrected chi connectivity index (χ3v) is 4.11. The molecule has 0 radical (unpaired) electrons. The van der Waals surface area contributed by atoms with E-state index in [4.69, 9.17) is 4.74 Å². The smallest absolute Gasteiger partial charge is 0.332 e. The van der Waals surface area contributed by atoms with Gasteiger partial charge >= 0.3 is 5.69 Å². The van der Waals surface area contributed by atoms with Crippen LogP contribution >= 0.6 is 0 Å². The highest BCUT2D eigenvalue weighted by molar-refractivity contribution is 5.84. The number of hydrogen-bond donors (Lipinski definition) is 1. The number of nitrogens with one attached hydrogen (secondary N) is 1. The molecule has 0 bridgehead atoms. The van der Waals surface area contributed by atoms with Crippen LogP contribution in [0.5, 0.6) is 0 Å². The number of methoxy groups -OCH3 is 1. The molecule has 0 spiro atoms. The Balaban J connectivity index is 1.94. The van der Waals surface area contributed by atoms with Crippen molar-refractivity contribution in [3.8, 4) is 0 Å². The first-order valence-corrected chi connectivity index (χ1v) is 7.63. The predicted molar refractivity (Wildman–Crippen MR) is 94.0 cm³/mol. The van der Waals surface area contributed by atoms with E-state index in [0.717, 1.165) is 27.7 Å². The summed E-state index contributed by atoms with van der Waals surface area (Å²) < 4.78 is 9.72. The van der Waals surface area contributed by atoms with Crippen molar-refractivity contribution in [2.45, 2.75) is 6.54 Å². The highest BCUT2D eigenvalue weighted by Crippen LogP contribution is 2.22. The van der Waals surface area contributed by atoms with Gasteiger partial charge in [0.2, 0.25) is 0 Å². The molecule has 0 aliphatic heterocycles. The lowest BCUT2D eigenvalue weighted by Gasteiger charge is -2.12. The maximum atomic E-state index is 12.0. The van der Waals surface area contributed by atoms with Crippen LogP contribution in [0.1, 0.15) is 0 Å². The highest BCUT2D eigenvalue weighted by atomic mass is 16.5. The largest absolute Gasteiger partial charge is 0.383 e. The Bertz CT molecular complexity index is 997. The lowest BCUT2D eigenvalue weighted by Crippen LogP contribution is -2.37. The van der Waals surface area contributed by atoms with Crippen molar-refractivity contribution in [3.63, 3.8) is 0 Å². The Kier molecular flexibility index (Phi) is 4.26. The molecule has 0 aliphatic carbocycles. The van der Waals surface area contributed by atoms with Crippen LogP contribution in [0.2, 0.25) is 0 Å². The van der Waals surface area contributed by atoms with E-state index in [1.807, 2.05) is 30.5 Å². The van der Waals surface area contributed by atoms with Gasteiger partial charge in [0.1, 0.15) is 5.82 Å². The Labute approximate surface area is 138 Å². The number of benzene rings is 1. The second-order valence-corrected chi connectivity index (χ2v) is 5.67. The van der Waals surface area contributed by atoms with Crippen molar-refractivity contribution in [1.29, 1.82) is 0 Å². The fourth-order valence-electron chi connectivity index (χ4n) is 2.66. The molecule has 0 unspecified atom stereocenters. The van der Waals surface area contributed by atoms with E-state index in [2.05, 4.69) is 9.88 Å². The minimum Gasteiger partial charge on any atom is -0.383 e. The topological polar surface area (TPSA) is 70.2 Å². The lowest BCUT2D eigenvalue weighted by molar-refractivity contribution is 0.188. The zero-order valence-corrected chi connectivity index (χ0v) is 13.9. The standard InChI is InChI=1S/C17H20N4O3/c1-19-15(11-16(22)20(2)17(19)23)18-13-4-5-14-12(10-13)6-7-21(14)8-9-24-3/h4-7,10-11,18H,8-9H2,1-3H3. The summed E-state index contributed by atoms with van der Waals surface area (Å²) >= 11 is 0. The van der Waals surface area contributed by atoms with Gasteiger partial charge in [-0.25, -0.2) is 4.79 Å². The summed E-state index contributed by atoms with van der Waals surface area (Å²) in [6, 6.07) is 9.36. The summed E-state index contributed by atoms with van der Waals surface area (Å²) in [5.41, 5.74) is 1.22. The zero-order chi connectivity index (χ0) is 17.3. The molecule has 3 aromatic rings. The number of aromatic nitrogens is 3. The van der Waals surface area contributed by atoms with E-state index in [-0.39, 0.29) is 11.2 Å². The average molecular weight is 328 g/mol. The molecule has 0 saturated carbocycles. The van der Waals surface area contributed by atoms with Crippen LogP contribution in [0.3, 0.4) is 0 Å².